The van der Waals surface area contributed by atoms with Crippen LogP contribution in [-0.2, 0) is 4.74 Å². The van der Waals surface area contributed by atoms with Gasteiger partial charge in [-0.05, 0) is 19.2 Å². The molecule has 92 valence electrons. The Morgan fingerprint density at radius 1 is 1.59 bits per heavy atom. The lowest BCUT2D eigenvalue weighted by molar-refractivity contribution is -0.0196. The van der Waals surface area contributed by atoms with Crippen LogP contribution < -0.4 is 5.32 Å². The van der Waals surface area contributed by atoms with Gasteiger partial charge in [-0.15, -0.1) is 0 Å². The molecule has 5 heteroatoms. The van der Waals surface area contributed by atoms with E-state index in [1.807, 2.05) is 11.9 Å². The van der Waals surface area contributed by atoms with Gasteiger partial charge in [0.2, 0.25) is 0 Å². The van der Waals surface area contributed by atoms with E-state index >= 15 is 0 Å². The first-order chi connectivity index (χ1) is 8.31. The van der Waals surface area contributed by atoms with Crippen LogP contribution >= 0.6 is 0 Å². The molecule has 0 radical (unpaired) electrons. The second-order valence-corrected chi connectivity index (χ2v) is 4.04. The van der Waals surface area contributed by atoms with Crippen molar-refractivity contribution in [2.75, 3.05) is 33.3 Å². The molecule has 2 heterocycles. The van der Waals surface area contributed by atoms with E-state index in [-0.39, 0.29) is 12.0 Å². The third-order valence-electron chi connectivity index (χ3n) is 2.79. The fourth-order valence-electron chi connectivity index (χ4n) is 1.93. The normalized spacial score (nSPS) is 20.3. The molecule has 1 atom stereocenters. The molecule has 1 aromatic heterocycles. The number of hydrogen-bond acceptors (Lipinski definition) is 4. The number of carbonyl (C=O) groups excluding carboxylic acids is 1. The molecule has 0 aromatic carbocycles. The van der Waals surface area contributed by atoms with Gasteiger partial charge >= 0.3 is 0 Å². The molecule has 5 nitrogen and oxygen atoms in total. The highest BCUT2D eigenvalue weighted by Crippen LogP contribution is 2.09. The minimum Gasteiger partial charge on any atom is -0.373 e. The van der Waals surface area contributed by atoms with Crippen LogP contribution in [0.1, 0.15) is 10.4 Å². The van der Waals surface area contributed by atoms with Crippen LogP contribution in [0, 0.1) is 0 Å². The van der Waals surface area contributed by atoms with Crippen LogP contribution in [0.4, 0.5) is 0 Å². The molecular formula is C12H17N3O2. The maximum absolute atomic E-state index is 12.2. The summed E-state index contributed by atoms with van der Waals surface area (Å²) < 4.78 is 5.57. The molecular weight excluding hydrogens is 218 g/mol. The zero-order valence-corrected chi connectivity index (χ0v) is 9.93. The zero-order chi connectivity index (χ0) is 12.1. The lowest BCUT2D eigenvalue weighted by atomic mass is 10.2. The number of morpholine rings is 1. The summed E-state index contributed by atoms with van der Waals surface area (Å²) in [6.07, 6.45) is 3.36. The largest absolute Gasteiger partial charge is 0.373 e. The van der Waals surface area contributed by atoms with Crippen molar-refractivity contribution in [3.05, 3.63) is 30.1 Å². The second kappa shape index (κ2) is 5.75. The predicted octanol–water partition coefficient (Wildman–Crippen LogP) is 0.142. The van der Waals surface area contributed by atoms with Gasteiger partial charge in [0.05, 0.1) is 12.7 Å². The van der Waals surface area contributed by atoms with Crippen molar-refractivity contribution < 1.29 is 9.53 Å². The van der Waals surface area contributed by atoms with Gasteiger partial charge in [0.15, 0.2) is 0 Å². The van der Waals surface area contributed by atoms with Crippen molar-refractivity contribution in [2.24, 2.45) is 0 Å². The summed E-state index contributed by atoms with van der Waals surface area (Å²) in [7, 11) is 1.88. The Labute approximate surface area is 101 Å². The standard InChI is InChI=1S/C12H17N3O2/c1-13-8-11-9-15(6-7-17-11)12(16)10-2-4-14-5-3-10/h2-5,11,13H,6-9H2,1H3. The Hall–Kier alpha value is -1.46. The number of hydrogen-bond donors (Lipinski definition) is 1. The molecule has 0 bridgehead atoms. The van der Waals surface area contributed by atoms with Gasteiger partial charge in [-0.2, -0.15) is 0 Å². The summed E-state index contributed by atoms with van der Waals surface area (Å²) in [5.41, 5.74) is 0.685. The van der Waals surface area contributed by atoms with Crippen LogP contribution in [0.15, 0.2) is 24.5 Å². The minimum atomic E-state index is 0.0526. The lowest BCUT2D eigenvalue weighted by Gasteiger charge is -2.32. The number of amides is 1. The molecule has 1 amide bonds. The molecule has 1 unspecified atom stereocenters. The fourth-order valence-corrected chi connectivity index (χ4v) is 1.93. The highest BCUT2D eigenvalue weighted by molar-refractivity contribution is 5.94. The number of likely N-dealkylation sites (N-methyl/N-ethyl adjacent to an activating group) is 1. The first kappa shape index (κ1) is 12.0. The third-order valence-corrected chi connectivity index (χ3v) is 2.79. The molecule has 17 heavy (non-hydrogen) atoms. The highest BCUT2D eigenvalue weighted by Gasteiger charge is 2.24. The molecule has 1 saturated heterocycles. The second-order valence-electron chi connectivity index (χ2n) is 4.04. The summed E-state index contributed by atoms with van der Waals surface area (Å²) in [6.45, 7) is 2.66. The Kier molecular flexibility index (Phi) is 4.06. The van der Waals surface area contributed by atoms with E-state index in [0.717, 1.165) is 6.54 Å². The quantitative estimate of drug-likeness (QED) is 0.810. The van der Waals surface area contributed by atoms with Crippen LogP contribution in [-0.4, -0.2) is 55.2 Å². The summed E-state index contributed by atoms with van der Waals surface area (Å²) in [4.78, 5) is 17.9. The van der Waals surface area contributed by atoms with Crippen LogP contribution in [0.5, 0.6) is 0 Å². The zero-order valence-electron chi connectivity index (χ0n) is 9.93. The van der Waals surface area contributed by atoms with Crippen molar-refractivity contribution >= 4 is 5.91 Å². The minimum absolute atomic E-state index is 0.0526. The maximum atomic E-state index is 12.2. The molecule has 1 aromatic rings. The van der Waals surface area contributed by atoms with Gasteiger partial charge in [0, 0.05) is 37.6 Å². The highest BCUT2D eigenvalue weighted by atomic mass is 16.5. The average Bonchev–Trinajstić information content (AvgIpc) is 2.40. The molecule has 1 N–H and O–H groups in total. The Morgan fingerprint density at radius 2 is 2.35 bits per heavy atom. The van der Waals surface area contributed by atoms with E-state index in [4.69, 9.17) is 4.74 Å². The first-order valence-electron chi connectivity index (χ1n) is 5.77. The summed E-state index contributed by atoms with van der Waals surface area (Å²) in [5.74, 6) is 0.0526. The van der Waals surface area contributed by atoms with Crippen molar-refractivity contribution in [1.29, 1.82) is 0 Å². The number of pyridine rings is 1. The molecule has 1 aliphatic rings. The van der Waals surface area contributed by atoms with Crippen molar-refractivity contribution in [1.82, 2.24) is 15.2 Å². The Morgan fingerprint density at radius 3 is 3.06 bits per heavy atom. The molecule has 1 fully saturated rings. The van der Waals surface area contributed by atoms with Crippen LogP contribution in [0.25, 0.3) is 0 Å². The summed E-state index contributed by atoms with van der Waals surface area (Å²) >= 11 is 0. The maximum Gasteiger partial charge on any atom is 0.254 e. The van der Waals surface area contributed by atoms with Crippen LogP contribution in [0.3, 0.4) is 0 Å². The molecule has 0 aliphatic carbocycles. The van der Waals surface area contributed by atoms with Crippen molar-refractivity contribution in [3.63, 3.8) is 0 Å². The smallest absolute Gasteiger partial charge is 0.254 e. The Balaban J connectivity index is 2.00. The molecule has 1 aliphatic heterocycles. The topological polar surface area (TPSA) is 54.5 Å². The van der Waals surface area contributed by atoms with E-state index < -0.39 is 0 Å². The Bertz CT molecular complexity index is 367. The SMILES string of the molecule is CNCC1CN(C(=O)c2ccncc2)CCO1. The molecule has 0 saturated carbocycles. The van der Waals surface area contributed by atoms with E-state index in [1.54, 1.807) is 24.5 Å². The van der Waals surface area contributed by atoms with E-state index in [1.165, 1.54) is 0 Å². The number of nitrogens with zero attached hydrogens (tertiary/aromatic N) is 2. The van der Waals surface area contributed by atoms with Gasteiger partial charge in [-0.25, -0.2) is 0 Å². The van der Waals surface area contributed by atoms with Gasteiger partial charge in [-0.1, -0.05) is 0 Å². The van der Waals surface area contributed by atoms with Gasteiger partial charge in [-0.3, -0.25) is 9.78 Å². The number of ether oxygens (including phenoxy) is 1. The summed E-state index contributed by atoms with van der Waals surface area (Å²) in [6, 6.07) is 3.48. The first-order valence-corrected chi connectivity index (χ1v) is 5.77. The number of carbonyl (C=O) groups is 1. The van der Waals surface area contributed by atoms with E-state index in [0.29, 0.717) is 25.3 Å². The summed E-state index contributed by atoms with van der Waals surface area (Å²) in [5, 5.41) is 3.06. The van der Waals surface area contributed by atoms with Gasteiger partial charge < -0.3 is 15.0 Å². The molecule has 0 spiro atoms. The average molecular weight is 235 g/mol. The van der Waals surface area contributed by atoms with E-state index in [9.17, 15) is 4.79 Å². The van der Waals surface area contributed by atoms with Gasteiger partial charge in [0.1, 0.15) is 0 Å². The van der Waals surface area contributed by atoms with E-state index in [2.05, 4.69) is 10.3 Å². The van der Waals surface area contributed by atoms with Crippen molar-refractivity contribution in [3.8, 4) is 0 Å². The fraction of sp³-hybridized carbons (Fsp3) is 0.500. The number of rotatable bonds is 3. The molecule has 2 rings (SSSR count). The third kappa shape index (κ3) is 3.01. The van der Waals surface area contributed by atoms with Gasteiger partial charge in [0.25, 0.3) is 5.91 Å². The number of aromatic nitrogens is 1. The number of nitrogens with one attached hydrogen (secondary N) is 1. The monoisotopic (exact) mass is 235 g/mol. The van der Waals surface area contributed by atoms with Crippen molar-refractivity contribution in [2.45, 2.75) is 6.10 Å². The lowest BCUT2D eigenvalue weighted by Crippen LogP contribution is -2.48. The van der Waals surface area contributed by atoms with Crippen LogP contribution in [0.2, 0.25) is 0 Å². The predicted molar refractivity (Wildman–Crippen MR) is 63.8 cm³/mol.